The van der Waals surface area contributed by atoms with E-state index in [1.165, 1.54) is 11.1 Å². The van der Waals surface area contributed by atoms with E-state index in [0.717, 1.165) is 17.6 Å². The van der Waals surface area contributed by atoms with Gasteiger partial charge in [0.25, 0.3) is 0 Å². The van der Waals surface area contributed by atoms with Gasteiger partial charge in [0.05, 0.1) is 0 Å². The van der Waals surface area contributed by atoms with Crippen LogP contribution in [0.5, 0.6) is 5.75 Å². The standard InChI is InChI=1S/C20H24O2/c1-14(2)16-9-10-20(19(11-16)15(3)4)22-13-18-8-6-5-7-17(18)12-21/h5-12,14-15H,13H2,1-4H3. The number of ether oxygens (including phenoxy) is 1. The molecule has 0 bridgehead atoms. The van der Waals surface area contributed by atoms with Crippen molar-refractivity contribution in [2.45, 2.75) is 46.1 Å². The third kappa shape index (κ3) is 3.76. The molecule has 0 amide bonds. The van der Waals surface area contributed by atoms with Gasteiger partial charge in [-0.05, 0) is 34.6 Å². The summed E-state index contributed by atoms with van der Waals surface area (Å²) in [6.45, 7) is 9.15. The van der Waals surface area contributed by atoms with E-state index in [2.05, 4.69) is 39.8 Å². The van der Waals surface area contributed by atoms with Gasteiger partial charge in [-0.3, -0.25) is 4.79 Å². The lowest BCUT2D eigenvalue weighted by Gasteiger charge is -2.17. The Kier molecular flexibility index (Phi) is 5.37. The molecule has 0 saturated heterocycles. The molecule has 0 radical (unpaired) electrons. The topological polar surface area (TPSA) is 26.3 Å². The summed E-state index contributed by atoms with van der Waals surface area (Å²) in [4.78, 5) is 11.1. The number of hydrogen-bond donors (Lipinski definition) is 0. The second-order valence-corrected chi connectivity index (χ2v) is 6.21. The number of carbonyl (C=O) groups is 1. The Balaban J connectivity index is 2.24. The van der Waals surface area contributed by atoms with E-state index in [0.29, 0.717) is 24.0 Å². The minimum absolute atomic E-state index is 0.398. The van der Waals surface area contributed by atoms with Gasteiger partial charge in [0.2, 0.25) is 0 Å². The Bertz CT molecular complexity index is 642. The van der Waals surface area contributed by atoms with Crippen LogP contribution in [0.1, 0.15) is 66.6 Å². The minimum atomic E-state index is 0.398. The summed E-state index contributed by atoms with van der Waals surface area (Å²) in [6, 6.07) is 13.9. The molecule has 116 valence electrons. The maximum Gasteiger partial charge on any atom is 0.150 e. The molecule has 0 atom stereocenters. The van der Waals surface area contributed by atoms with Gasteiger partial charge in [-0.25, -0.2) is 0 Å². The van der Waals surface area contributed by atoms with Crippen molar-refractivity contribution in [1.29, 1.82) is 0 Å². The molecule has 0 saturated carbocycles. The highest BCUT2D eigenvalue weighted by atomic mass is 16.5. The smallest absolute Gasteiger partial charge is 0.150 e. The van der Waals surface area contributed by atoms with Gasteiger partial charge in [-0.15, -0.1) is 0 Å². The first-order valence-corrected chi connectivity index (χ1v) is 7.82. The van der Waals surface area contributed by atoms with Crippen LogP contribution >= 0.6 is 0 Å². The molecule has 22 heavy (non-hydrogen) atoms. The zero-order chi connectivity index (χ0) is 16.1. The number of benzene rings is 2. The van der Waals surface area contributed by atoms with Gasteiger partial charge in [0.1, 0.15) is 18.6 Å². The van der Waals surface area contributed by atoms with Crippen molar-refractivity contribution in [3.8, 4) is 5.75 Å². The lowest BCUT2D eigenvalue weighted by molar-refractivity contribution is 0.112. The van der Waals surface area contributed by atoms with Crippen LogP contribution in [0.3, 0.4) is 0 Å². The van der Waals surface area contributed by atoms with Crippen LogP contribution in [-0.2, 0) is 6.61 Å². The zero-order valence-electron chi connectivity index (χ0n) is 13.8. The van der Waals surface area contributed by atoms with Crippen molar-refractivity contribution in [2.75, 3.05) is 0 Å². The Labute approximate surface area is 133 Å². The molecular formula is C20H24O2. The van der Waals surface area contributed by atoms with E-state index in [1.807, 2.05) is 30.3 Å². The summed E-state index contributed by atoms with van der Waals surface area (Å²) in [6.07, 6.45) is 0.879. The molecule has 2 heteroatoms. The summed E-state index contributed by atoms with van der Waals surface area (Å²) < 4.78 is 6.00. The van der Waals surface area contributed by atoms with E-state index in [1.54, 1.807) is 0 Å². The molecule has 2 aromatic carbocycles. The third-order valence-electron chi connectivity index (χ3n) is 3.89. The van der Waals surface area contributed by atoms with Gasteiger partial charge in [-0.1, -0.05) is 64.1 Å². The van der Waals surface area contributed by atoms with Crippen molar-refractivity contribution in [2.24, 2.45) is 0 Å². The number of rotatable bonds is 6. The predicted octanol–water partition coefficient (Wildman–Crippen LogP) is 5.32. The Morgan fingerprint density at radius 1 is 1.00 bits per heavy atom. The van der Waals surface area contributed by atoms with Gasteiger partial charge in [0.15, 0.2) is 0 Å². The first kappa shape index (κ1) is 16.3. The van der Waals surface area contributed by atoms with E-state index in [-0.39, 0.29) is 0 Å². The van der Waals surface area contributed by atoms with Crippen LogP contribution in [-0.4, -0.2) is 6.29 Å². The highest BCUT2D eigenvalue weighted by molar-refractivity contribution is 5.77. The van der Waals surface area contributed by atoms with Crippen molar-refractivity contribution >= 4 is 6.29 Å². The molecule has 2 rings (SSSR count). The molecule has 0 aliphatic heterocycles. The van der Waals surface area contributed by atoms with E-state index in [9.17, 15) is 4.79 Å². The molecule has 0 N–H and O–H groups in total. The van der Waals surface area contributed by atoms with Crippen LogP contribution in [0.4, 0.5) is 0 Å². The van der Waals surface area contributed by atoms with E-state index < -0.39 is 0 Å². The highest BCUT2D eigenvalue weighted by Gasteiger charge is 2.11. The summed E-state index contributed by atoms with van der Waals surface area (Å²) in [7, 11) is 0. The molecule has 0 unspecified atom stereocenters. The fourth-order valence-electron chi connectivity index (χ4n) is 2.44. The number of aldehydes is 1. The number of carbonyl (C=O) groups excluding carboxylic acids is 1. The van der Waals surface area contributed by atoms with E-state index >= 15 is 0 Å². The normalized spacial score (nSPS) is 11.0. The second kappa shape index (κ2) is 7.26. The summed E-state index contributed by atoms with van der Waals surface area (Å²) in [5, 5.41) is 0. The zero-order valence-corrected chi connectivity index (χ0v) is 13.8. The van der Waals surface area contributed by atoms with Crippen LogP contribution in [0.15, 0.2) is 42.5 Å². The van der Waals surface area contributed by atoms with Crippen molar-refractivity contribution < 1.29 is 9.53 Å². The van der Waals surface area contributed by atoms with E-state index in [4.69, 9.17) is 4.74 Å². The quantitative estimate of drug-likeness (QED) is 0.674. The maximum absolute atomic E-state index is 11.1. The van der Waals surface area contributed by atoms with Gasteiger partial charge in [0, 0.05) is 5.56 Å². The monoisotopic (exact) mass is 296 g/mol. The third-order valence-corrected chi connectivity index (χ3v) is 3.89. The Morgan fingerprint density at radius 2 is 1.73 bits per heavy atom. The fraction of sp³-hybridized carbons (Fsp3) is 0.350. The molecule has 0 fully saturated rings. The molecule has 0 aromatic heterocycles. The second-order valence-electron chi connectivity index (χ2n) is 6.21. The van der Waals surface area contributed by atoms with Crippen LogP contribution < -0.4 is 4.74 Å². The average molecular weight is 296 g/mol. The molecule has 0 aliphatic carbocycles. The van der Waals surface area contributed by atoms with Crippen molar-refractivity contribution in [3.05, 3.63) is 64.7 Å². The van der Waals surface area contributed by atoms with Crippen molar-refractivity contribution in [1.82, 2.24) is 0 Å². The largest absolute Gasteiger partial charge is 0.489 e. The lowest BCUT2D eigenvalue weighted by Crippen LogP contribution is -2.03. The maximum atomic E-state index is 11.1. The molecular weight excluding hydrogens is 272 g/mol. The predicted molar refractivity (Wildman–Crippen MR) is 90.8 cm³/mol. The summed E-state index contributed by atoms with van der Waals surface area (Å²) in [5.74, 6) is 1.80. The number of hydrogen-bond acceptors (Lipinski definition) is 2. The Morgan fingerprint density at radius 3 is 2.36 bits per heavy atom. The molecule has 0 aliphatic rings. The van der Waals surface area contributed by atoms with Crippen molar-refractivity contribution in [3.63, 3.8) is 0 Å². The first-order chi connectivity index (χ1) is 10.5. The van der Waals surface area contributed by atoms with Crippen LogP contribution in [0.2, 0.25) is 0 Å². The van der Waals surface area contributed by atoms with Crippen LogP contribution in [0, 0.1) is 0 Å². The van der Waals surface area contributed by atoms with Gasteiger partial charge in [-0.2, -0.15) is 0 Å². The SMILES string of the molecule is CC(C)c1ccc(OCc2ccccc2C=O)c(C(C)C)c1. The molecule has 0 spiro atoms. The summed E-state index contributed by atoms with van der Waals surface area (Å²) in [5.41, 5.74) is 4.15. The molecule has 2 nitrogen and oxygen atoms in total. The molecule has 2 aromatic rings. The molecule has 0 heterocycles. The Hall–Kier alpha value is -2.09. The highest BCUT2D eigenvalue weighted by Crippen LogP contribution is 2.30. The average Bonchev–Trinajstić information content (AvgIpc) is 2.52. The summed E-state index contributed by atoms with van der Waals surface area (Å²) >= 11 is 0. The lowest BCUT2D eigenvalue weighted by atomic mass is 9.95. The minimum Gasteiger partial charge on any atom is -0.489 e. The fourth-order valence-corrected chi connectivity index (χ4v) is 2.44. The first-order valence-electron chi connectivity index (χ1n) is 7.82. The van der Waals surface area contributed by atoms with Crippen LogP contribution in [0.25, 0.3) is 0 Å². The van der Waals surface area contributed by atoms with Gasteiger partial charge < -0.3 is 4.74 Å². The van der Waals surface area contributed by atoms with Gasteiger partial charge >= 0.3 is 0 Å².